The first-order valence-corrected chi connectivity index (χ1v) is 11.5. The Balaban J connectivity index is 1.59. The highest BCUT2D eigenvalue weighted by atomic mass is 32.2. The van der Waals surface area contributed by atoms with Gasteiger partial charge < -0.3 is 5.32 Å². The van der Waals surface area contributed by atoms with Crippen molar-refractivity contribution >= 4 is 40.0 Å². The molecule has 0 bridgehead atoms. The van der Waals surface area contributed by atoms with Crippen molar-refractivity contribution in [2.45, 2.75) is 25.5 Å². The number of hydrogen-bond acceptors (Lipinski definition) is 5. The Labute approximate surface area is 195 Å². The molecule has 6 nitrogen and oxygen atoms in total. The summed E-state index contributed by atoms with van der Waals surface area (Å²) < 4.78 is 1.61. The molecule has 1 amide bonds. The molecule has 3 aromatic carbocycles. The molecule has 0 aliphatic heterocycles. The van der Waals surface area contributed by atoms with Crippen molar-refractivity contribution in [3.8, 4) is 0 Å². The standard InChI is InChI=1S/C26H23N3O3S/c1-17-10-12-19(13-11-17)15-29-25(32)22-8-3-4-9-23(22)28-26(29)33-16-24(31)27-21-7-5-6-20(14-21)18(2)30/h3-14H,15-16H2,1-2H3,(H,27,31). The van der Waals surface area contributed by atoms with E-state index in [0.29, 0.717) is 33.9 Å². The second-order valence-corrected chi connectivity index (χ2v) is 8.70. The lowest BCUT2D eigenvalue weighted by atomic mass is 10.1. The number of hydrogen-bond donors (Lipinski definition) is 1. The maximum absolute atomic E-state index is 13.2. The monoisotopic (exact) mass is 457 g/mol. The summed E-state index contributed by atoms with van der Waals surface area (Å²) in [6.45, 7) is 3.86. The van der Waals surface area contributed by atoms with E-state index in [0.717, 1.165) is 11.1 Å². The van der Waals surface area contributed by atoms with Crippen LogP contribution < -0.4 is 10.9 Å². The molecular weight excluding hydrogens is 434 g/mol. The van der Waals surface area contributed by atoms with Crippen molar-refractivity contribution < 1.29 is 9.59 Å². The summed E-state index contributed by atoms with van der Waals surface area (Å²) in [6, 6.07) is 22.0. The minimum absolute atomic E-state index is 0.0686. The number of nitrogens with zero attached hydrogens (tertiary/aromatic N) is 2. The molecule has 0 spiro atoms. The summed E-state index contributed by atoms with van der Waals surface area (Å²) in [6.07, 6.45) is 0. The van der Waals surface area contributed by atoms with Gasteiger partial charge in [0.05, 0.1) is 23.2 Å². The smallest absolute Gasteiger partial charge is 0.262 e. The number of anilines is 1. The van der Waals surface area contributed by atoms with Crippen molar-refractivity contribution in [2.75, 3.05) is 11.1 Å². The molecule has 4 rings (SSSR count). The fourth-order valence-electron chi connectivity index (χ4n) is 3.42. The van der Waals surface area contributed by atoms with Crippen LogP contribution in [0.2, 0.25) is 0 Å². The van der Waals surface area contributed by atoms with E-state index in [2.05, 4.69) is 10.3 Å². The van der Waals surface area contributed by atoms with E-state index >= 15 is 0 Å². The lowest BCUT2D eigenvalue weighted by molar-refractivity contribution is -0.113. The third-order valence-electron chi connectivity index (χ3n) is 5.17. The summed E-state index contributed by atoms with van der Waals surface area (Å²) in [5, 5.41) is 3.83. The number of rotatable bonds is 7. The number of Topliss-reactive ketones (excluding diaryl/α,β-unsaturated/α-hetero) is 1. The fraction of sp³-hybridized carbons (Fsp3) is 0.154. The second-order valence-electron chi connectivity index (χ2n) is 7.76. The van der Waals surface area contributed by atoms with Gasteiger partial charge in [0.15, 0.2) is 10.9 Å². The van der Waals surface area contributed by atoms with Gasteiger partial charge in [-0.1, -0.05) is 65.9 Å². The number of carbonyl (C=O) groups is 2. The zero-order chi connectivity index (χ0) is 23.4. The first kappa shape index (κ1) is 22.5. The van der Waals surface area contributed by atoms with Gasteiger partial charge in [0.1, 0.15) is 0 Å². The molecule has 1 N–H and O–H groups in total. The number of ketones is 1. The van der Waals surface area contributed by atoms with Crippen LogP contribution in [0.25, 0.3) is 10.9 Å². The van der Waals surface area contributed by atoms with Crippen molar-refractivity contribution in [1.82, 2.24) is 9.55 Å². The average Bonchev–Trinajstić information content (AvgIpc) is 2.81. The Hall–Kier alpha value is -3.71. The molecule has 7 heteroatoms. The summed E-state index contributed by atoms with van der Waals surface area (Å²) >= 11 is 1.21. The quantitative estimate of drug-likeness (QED) is 0.247. The highest BCUT2D eigenvalue weighted by molar-refractivity contribution is 7.99. The Morgan fingerprint density at radius 3 is 2.52 bits per heavy atom. The minimum atomic E-state index is -0.245. The third kappa shape index (κ3) is 5.38. The van der Waals surface area contributed by atoms with Crippen molar-refractivity contribution in [1.29, 1.82) is 0 Å². The predicted octanol–water partition coefficient (Wildman–Crippen LogP) is 4.69. The van der Waals surface area contributed by atoms with Crippen LogP contribution >= 0.6 is 11.8 Å². The molecule has 1 heterocycles. The number of thioether (sulfide) groups is 1. The molecule has 0 saturated carbocycles. The molecule has 4 aromatic rings. The van der Waals surface area contributed by atoms with Crippen molar-refractivity contribution in [3.63, 3.8) is 0 Å². The number of aromatic nitrogens is 2. The first-order chi connectivity index (χ1) is 15.9. The number of nitrogens with one attached hydrogen (secondary N) is 1. The number of carbonyl (C=O) groups excluding carboxylic acids is 2. The Morgan fingerprint density at radius 2 is 1.76 bits per heavy atom. The summed E-state index contributed by atoms with van der Waals surface area (Å²) in [4.78, 5) is 42.1. The van der Waals surface area contributed by atoms with Crippen LogP contribution in [0.4, 0.5) is 5.69 Å². The Kier molecular flexibility index (Phi) is 6.70. The van der Waals surface area contributed by atoms with Crippen LogP contribution in [0.1, 0.15) is 28.4 Å². The highest BCUT2D eigenvalue weighted by Crippen LogP contribution is 2.20. The molecule has 33 heavy (non-hydrogen) atoms. The van der Waals surface area contributed by atoms with Crippen molar-refractivity contribution in [3.05, 3.63) is 99.8 Å². The number of aryl methyl sites for hydroxylation is 1. The van der Waals surface area contributed by atoms with Gasteiger partial charge in [-0.15, -0.1) is 0 Å². The first-order valence-electron chi connectivity index (χ1n) is 10.5. The van der Waals surface area contributed by atoms with Crippen molar-refractivity contribution in [2.24, 2.45) is 0 Å². The van der Waals surface area contributed by atoms with E-state index < -0.39 is 0 Å². The lowest BCUT2D eigenvalue weighted by Crippen LogP contribution is -2.25. The number of benzene rings is 3. The molecule has 0 atom stereocenters. The van der Waals surface area contributed by atoms with Gasteiger partial charge in [0.25, 0.3) is 5.56 Å². The zero-order valence-electron chi connectivity index (χ0n) is 18.4. The minimum Gasteiger partial charge on any atom is -0.325 e. The topological polar surface area (TPSA) is 81.1 Å². The fourth-order valence-corrected chi connectivity index (χ4v) is 4.22. The Bertz CT molecular complexity index is 1390. The van der Waals surface area contributed by atoms with Crippen LogP contribution in [0.5, 0.6) is 0 Å². The molecule has 0 saturated heterocycles. The van der Waals surface area contributed by atoms with Crippen LogP contribution in [0.15, 0.2) is 82.7 Å². The number of amides is 1. The molecule has 0 aliphatic rings. The summed E-state index contributed by atoms with van der Waals surface area (Å²) in [5.74, 6) is -0.242. The van der Waals surface area contributed by atoms with E-state index in [1.807, 2.05) is 43.3 Å². The molecule has 166 valence electrons. The van der Waals surface area contributed by atoms with E-state index in [4.69, 9.17) is 0 Å². The normalized spacial score (nSPS) is 10.8. The van der Waals surface area contributed by atoms with E-state index in [-0.39, 0.29) is 23.0 Å². The summed E-state index contributed by atoms with van der Waals surface area (Å²) in [7, 11) is 0. The van der Waals surface area contributed by atoms with Crippen LogP contribution in [0, 0.1) is 6.92 Å². The van der Waals surface area contributed by atoms with Gasteiger partial charge >= 0.3 is 0 Å². The average molecular weight is 458 g/mol. The maximum atomic E-state index is 13.2. The highest BCUT2D eigenvalue weighted by Gasteiger charge is 2.14. The molecule has 0 radical (unpaired) electrons. The van der Waals surface area contributed by atoms with E-state index in [1.54, 1.807) is 41.0 Å². The van der Waals surface area contributed by atoms with E-state index in [9.17, 15) is 14.4 Å². The van der Waals surface area contributed by atoms with Crippen LogP contribution in [-0.2, 0) is 11.3 Å². The van der Waals surface area contributed by atoms with Gasteiger partial charge in [-0.25, -0.2) is 4.98 Å². The van der Waals surface area contributed by atoms with E-state index in [1.165, 1.54) is 18.7 Å². The van der Waals surface area contributed by atoms with Gasteiger partial charge in [0.2, 0.25) is 5.91 Å². The van der Waals surface area contributed by atoms with Gasteiger partial charge in [0, 0.05) is 11.3 Å². The molecule has 0 aliphatic carbocycles. The molecule has 0 fully saturated rings. The van der Waals surface area contributed by atoms with Gasteiger partial charge in [-0.05, 0) is 43.7 Å². The van der Waals surface area contributed by atoms with Gasteiger partial charge in [-0.3, -0.25) is 19.0 Å². The van der Waals surface area contributed by atoms with Crippen LogP contribution in [-0.4, -0.2) is 27.0 Å². The largest absolute Gasteiger partial charge is 0.325 e. The molecular formula is C26H23N3O3S. The lowest BCUT2D eigenvalue weighted by Gasteiger charge is -2.13. The second kappa shape index (κ2) is 9.83. The number of fused-ring (bicyclic) bond motifs is 1. The molecule has 1 aromatic heterocycles. The summed E-state index contributed by atoms with van der Waals surface area (Å²) in [5.41, 5.74) is 3.66. The zero-order valence-corrected chi connectivity index (χ0v) is 19.2. The van der Waals surface area contributed by atoms with Gasteiger partial charge in [-0.2, -0.15) is 0 Å². The Morgan fingerprint density at radius 1 is 1.00 bits per heavy atom. The third-order valence-corrected chi connectivity index (χ3v) is 6.15. The maximum Gasteiger partial charge on any atom is 0.262 e. The SMILES string of the molecule is CC(=O)c1cccc(NC(=O)CSc2nc3ccccc3c(=O)n2Cc2ccc(C)cc2)c1. The predicted molar refractivity (Wildman–Crippen MR) is 132 cm³/mol. The van der Waals surface area contributed by atoms with Crippen LogP contribution in [0.3, 0.4) is 0 Å². The molecule has 0 unspecified atom stereocenters. The number of para-hydroxylation sites is 1.